The summed E-state index contributed by atoms with van der Waals surface area (Å²) in [4.78, 5) is 20.9. The fourth-order valence-electron chi connectivity index (χ4n) is 2.62. The Hall–Kier alpha value is -2.08. The number of amides is 1. The molecule has 0 saturated carbocycles. The van der Waals surface area contributed by atoms with E-state index in [4.69, 9.17) is 4.42 Å². The number of hydrogen-bond donors (Lipinski definition) is 0. The van der Waals surface area contributed by atoms with Crippen LogP contribution in [-0.4, -0.2) is 44.9 Å². The molecule has 2 aromatic heterocycles. The van der Waals surface area contributed by atoms with Crippen molar-refractivity contribution in [2.45, 2.75) is 39.5 Å². The van der Waals surface area contributed by atoms with E-state index < -0.39 is 0 Å². The van der Waals surface area contributed by atoms with Crippen LogP contribution in [0, 0.1) is 0 Å². The molecule has 0 N–H and O–H groups in total. The van der Waals surface area contributed by atoms with Crippen LogP contribution in [-0.2, 0) is 19.6 Å². The van der Waals surface area contributed by atoms with Crippen molar-refractivity contribution in [2.24, 2.45) is 0 Å². The van der Waals surface area contributed by atoms with Gasteiger partial charge in [-0.3, -0.25) is 9.69 Å². The molecule has 3 heterocycles. The molecule has 0 fully saturated rings. The molecule has 0 atom stereocenters. The summed E-state index contributed by atoms with van der Waals surface area (Å²) in [6.45, 7) is 7.22. The average Bonchev–Trinajstić information content (AvgIpc) is 3.16. The normalized spacial score (nSPS) is 14.7. The molecule has 0 saturated heterocycles. The summed E-state index contributed by atoms with van der Waals surface area (Å²) in [5.74, 6) is 1.26. The van der Waals surface area contributed by atoms with Crippen molar-refractivity contribution in [3.63, 3.8) is 0 Å². The number of aromatic nitrogens is 2. The Morgan fingerprint density at radius 2 is 2.27 bits per heavy atom. The summed E-state index contributed by atoms with van der Waals surface area (Å²) in [7, 11) is 2.11. The summed E-state index contributed by atoms with van der Waals surface area (Å²) >= 11 is 0. The number of fused-ring (bicyclic) bond motifs is 1. The van der Waals surface area contributed by atoms with Gasteiger partial charge in [0.2, 0.25) is 0 Å². The van der Waals surface area contributed by atoms with Crippen molar-refractivity contribution in [1.82, 2.24) is 19.4 Å². The van der Waals surface area contributed by atoms with Crippen LogP contribution in [0.1, 0.15) is 35.9 Å². The van der Waals surface area contributed by atoms with Gasteiger partial charge in [0.25, 0.3) is 5.91 Å². The van der Waals surface area contributed by atoms with Gasteiger partial charge in [0.15, 0.2) is 5.76 Å². The maximum atomic E-state index is 12.3. The van der Waals surface area contributed by atoms with Crippen molar-refractivity contribution >= 4 is 5.91 Å². The Balaban J connectivity index is 1.72. The van der Waals surface area contributed by atoms with E-state index in [0.717, 1.165) is 18.9 Å². The van der Waals surface area contributed by atoms with Crippen LogP contribution >= 0.6 is 0 Å². The van der Waals surface area contributed by atoms with E-state index in [2.05, 4.69) is 35.3 Å². The summed E-state index contributed by atoms with van der Waals surface area (Å²) in [5.41, 5.74) is 1.20. The SMILES string of the molecule is CC(C)N(C)Cc1cnc2n1CCN(C(=O)c1ccco1)C2. The van der Waals surface area contributed by atoms with Crippen molar-refractivity contribution in [3.8, 4) is 0 Å². The van der Waals surface area contributed by atoms with E-state index in [1.807, 2.05) is 6.20 Å². The second kappa shape index (κ2) is 5.96. The van der Waals surface area contributed by atoms with Crippen LogP contribution in [0.3, 0.4) is 0 Å². The van der Waals surface area contributed by atoms with Gasteiger partial charge in [-0.1, -0.05) is 0 Å². The first-order chi connectivity index (χ1) is 10.6. The molecule has 1 aliphatic rings. The lowest BCUT2D eigenvalue weighted by molar-refractivity contribution is 0.0673. The van der Waals surface area contributed by atoms with E-state index in [1.165, 1.54) is 12.0 Å². The second-order valence-corrected chi connectivity index (χ2v) is 6.03. The largest absolute Gasteiger partial charge is 0.459 e. The van der Waals surface area contributed by atoms with Crippen molar-refractivity contribution in [3.05, 3.63) is 41.9 Å². The molecule has 22 heavy (non-hydrogen) atoms. The molecule has 6 heteroatoms. The van der Waals surface area contributed by atoms with Gasteiger partial charge in [0.1, 0.15) is 5.82 Å². The maximum Gasteiger partial charge on any atom is 0.290 e. The lowest BCUT2D eigenvalue weighted by atomic mass is 10.3. The predicted molar refractivity (Wildman–Crippen MR) is 82.3 cm³/mol. The quantitative estimate of drug-likeness (QED) is 0.866. The highest BCUT2D eigenvalue weighted by Gasteiger charge is 2.25. The number of imidazole rings is 1. The molecule has 0 unspecified atom stereocenters. The van der Waals surface area contributed by atoms with E-state index in [-0.39, 0.29) is 5.91 Å². The summed E-state index contributed by atoms with van der Waals surface area (Å²) < 4.78 is 7.42. The number of nitrogens with zero attached hydrogens (tertiary/aromatic N) is 4. The number of rotatable bonds is 4. The van der Waals surface area contributed by atoms with E-state index in [0.29, 0.717) is 24.9 Å². The predicted octanol–water partition coefficient (Wildman–Crippen LogP) is 1.97. The van der Waals surface area contributed by atoms with Crippen molar-refractivity contribution in [2.75, 3.05) is 13.6 Å². The third-order valence-corrected chi connectivity index (χ3v) is 4.26. The minimum absolute atomic E-state index is 0.0694. The zero-order valence-corrected chi connectivity index (χ0v) is 13.3. The van der Waals surface area contributed by atoms with Crippen molar-refractivity contribution < 1.29 is 9.21 Å². The molecule has 0 aromatic carbocycles. The van der Waals surface area contributed by atoms with Crippen LogP contribution in [0.5, 0.6) is 0 Å². The number of furan rings is 1. The van der Waals surface area contributed by atoms with Gasteiger partial charge in [-0.2, -0.15) is 0 Å². The van der Waals surface area contributed by atoms with Crippen LogP contribution in [0.4, 0.5) is 0 Å². The van der Waals surface area contributed by atoms with Crippen molar-refractivity contribution in [1.29, 1.82) is 0 Å². The molecule has 1 amide bonds. The molecule has 1 aliphatic heterocycles. The van der Waals surface area contributed by atoms with Gasteiger partial charge in [-0.15, -0.1) is 0 Å². The monoisotopic (exact) mass is 302 g/mol. The topological polar surface area (TPSA) is 54.5 Å². The molecule has 0 radical (unpaired) electrons. The molecular formula is C16H22N4O2. The Bertz CT molecular complexity index is 645. The molecule has 2 aromatic rings. The molecule has 118 valence electrons. The number of carbonyl (C=O) groups is 1. The maximum absolute atomic E-state index is 12.3. The third kappa shape index (κ3) is 2.78. The Labute approximate surface area is 130 Å². The molecule has 0 aliphatic carbocycles. The Morgan fingerprint density at radius 1 is 1.45 bits per heavy atom. The summed E-state index contributed by atoms with van der Waals surface area (Å²) in [5, 5.41) is 0. The fraction of sp³-hybridized carbons (Fsp3) is 0.500. The fourth-order valence-corrected chi connectivity index (χ4v) is 2.62. The Morgan fingerprint density at radius 3 is 2.95 bits per heavy atom. The highest BCUT2D eigenvalue weighted by atomic mass is 16.3. The Kier molecular flexibility index (Phi) is 4.02. The first kappa shape index (κ1) is 14.8. The average molecular weight is 302 g/mol. The van der Waals surface area contributed by atoms with Crippen LogP contribution in [0.2, 0.25) is 0 Å². The first-order valence-electron chi connectivity index (χ1n) is 7.62. The smallest absolute Gasteiger partial charge is 0.290 e. The lowest BCUT2D eigenvalue weighted by Crippen LogP contribution is -2.39. The van der Waals surface area contributed by atoms with Crippen LogP contribution in [0.15, 0.2) is 29.0 Å². The molecule has 0 spiro atoms. The number of carbonyl (C=O) groups excluding carboxylic acids is 1. The summed E-state index contributed by atoms with van der Waals surface area (Å²) in [6, 6.07) is 3.93. The van der Waals surface area contributed by atoms with Gasteiger partial charge in [0.05, 0.1) is 18.5 Å². The number of hydrogen-bond acceptors (Lipinski definition) is 4. The molecule has 0 bridgehead atoms. The van der Waals surface area contributed by atoms with E-state index >= 15 is 0 Å². The molecule has 3 rings (SSSR count). The van der Waals surface area contributed by atoms with E-state index in [9.17, 15) is 4.79 Å². The highest BCUT2D eigenvalue weighted by molar-refractivity contribution is 5.91. The zero-order chi connectivity index (χ0) is 15.7. The van der Waals surface area contributed by atoms with Gasteiger partial charge < -0.3 is 13.9 Å². The minimum Gasteiger partial charge on any atom is -0.459 e. The van der Waals surface area contributed by atoms with Gasteiger partial charge in [-0.05, 0) is 33.0 Å². The zero-order valence-electron chi connectivity index (χ0n) is 13.3. The second-order valence-electron chi connectivity index (χ2n) is 6.03. The highest BCUT2D eigenvalue weighted by Crippen LogP contribution is 2.18. The van der Waals surface area contributed by atoms with Gasteiger partial charge in [-0.25, -0.2) is 4.98 Å². The van der Waals surface area contributed by atoms with Crippen LogP contribution < -0.4 is 0 Å². The first-order valence-corrected chi connectivity index (χ1v) is 7.62. The van der Waals surface area contributed by atoms with E-state index in [1.54, 1.807) is 17.0 Å². The van der Waals surface area contributed by atoms with Gasteiger partial charge >= 0.3 is 0 Å². The minimum atomic E-state index is -0.0694. The van der Waals surface area contributed by atoms with Gasteiger partial charge in [0, 0.05) is 31.9 Å². The summed E-state index contributed by atoms with van der Waals surface area (Å²) in [6.07, 6.45) is 3.45. The van der Waals surface area contributed by atoms with Crippen LogP contribution in [0.25, 0.3) is 0 Å². The lowest BCUT2D eigenvalue weighted by Gasteiger charge is -2.29. The molecular weight excluding hydrogens is 280 g/mol. The molecule has 6 nitrogen and oxygen atoms in total. The third-order valence-electron chi connectivity index (χ3n) is 4.26. The standard InChI is InChI=1S/C16H22N4O2/c1-12(2)18(3)10-13-9-17-15-11-19(6-7-20(13)15)16(21)14-5-4-8-22-14/h4-5,8-9,12H,6-7,10-11H2,1-3H3.